The van der Waals surface area contributed by atoms with Crippen molar-refractivity contribution in [2.45, 2.75) is 61.7 Å². The Morgan fingerprint density at radius 3 is 2.55 bits per heavy atom. The van der Waals surface area contributed by atoms with Crippen molar-refractivity contribution in [3.8, 4) is 0 Å². The van der Waals surface area contributed by atoms with Crippen molar-refractivity contribution in [3.05, 3.63) is 58.8 Å². The Labute approximate surface area is 232 Å². The summed E-state index contributed by atoms with van der Waals surface area (Å²) < 4.78 is 0. The van der Waals surface area contributed by atoms with Crippen LogP contribution in [0.1, 0.15) is 43.6 Å². The number of nitrogens with zero attached hydrogens (tertiary/aromatic N) is 6. The first-order valence-electron chi connectivity index (χ1n) is 13.2. The van der Waals surface area contributed by atoms with Crippen LogP contribution < -0.4 is 9.80 Å². The number of rotatable bonds is 6. The molecule has 2 fully saturated rings. The normalized spacial score (nSPS) is 19.1. The molecule has 6 rings (SSSR count). The molecular formula is C28H33ClN6O2S. The Morgan fingerprint density at radius 2 is 1.84 bits per heavy atom. The van der Waals surface area contributed by atoms with Gasteiger partial charge in [-0.1, -0.05) is 29.4 Å². The summed E-state index contributed by atoms with van der Waals surface area (Å²) in [5, 5.41) is 21.7. The molecule has 3 aromatic heterocycles. The highest BCUT2D eigenvalue weighted by Crippen LogP contribution is 2.45. The molecule has 2 aliphatic heterocycles. The SMILES string of the molecule is CC(C)(O)C1CN(c2nccc(Sc3cnc(N4CCC5(CC4)Cc4cccnc4C5)c(CO)n3)c2Cl)C1. The van der Waals surface area contributed by atoms with Crippen LogP contribution in [-0.2, 0) is 19.4 Å². The second-order valence-electron chi connectivity index (χ2n) is 11.4. The number of fused-ring (bicyclic) bond motifs is 1. The third-order valence-electron chi connectivity index (χ3n) is 8.40. The molecule has 3 aliphatic rings. The molecule has 1 aliphatic carbocycles. The smallest absolute Gasteiger partial charge is 0.152 e. The fourth-order valence-corrected chi connectivity index (χ4v) is 7.05. The van der Waals surface area contributed by atoms with Gasteiger partial charge in [-0.25, -0.2) is 15.0 Å². The molecule has 5 heterocycles. The fourth-order valence-electron chi connectivity index (χ4n) is 5.91. The lowest BCUT2D eigenvalue weighted by atomic mass is 9.76. The summed E-state index contributed by atoms with van der Waals surface area (Å²) in [5.41, 5.74) is 2.80. The molecule has 1 spiro atoms. The minimum Gasteiger partial charge on any atom is -0.390 e. The molecule has 2 N–H and O–H groups in total. The van der Waals surface area contributed by atoms with Crippen molar-refractivity contribution in [2.75, 3.05) is 36.0 Å². The van der Waals surface area contributed by atoms with Crippen LogP contribution in [0.5, 0.6) is 0 Å². The van der Waals surface area contributed by atoms with Gasteiger partial charge < -0.3 is 20.0 Å². The van der Waals surface area contributed by atoms with E-state index in [0.29, 0.717) is 28.8 Å². The van der Waals surface area contributed by atoms with E-state index < -0.39 is 5.60 Å². The maximum Gasteiger partial charge on any atom is 0.152 e. The van der Waals surface area contributed by atoms with Crippen molar-refractivity contribution in [3.63, 3.8) is 0 Å². The number of aliphatic hydroxyl groups excluding tert-OH is 1. The third-order valence-corrected chi connectivity index (χ3v) is 9.85. The Morgan fingerprint density at radius 1 is 1.05 bits per heavy atom. The highest BCUT2D eigenvalue weighted by molar-refractivity contribution is 7.99. The van der Waals surface area contributed by atoms with Crippen LogP contribution in [0.25, 0.3) is 0 Å². The van der Waals surface area contributed by atoms with Crippen LogP contribution in [0.2, 0.25) is 5.02 Å². The zero-order valence-corrected chi connectivity index (χ0v) is 23.3. The predicted molar refractivity (Wildman–Crippen MR) is 149 cm³/mol. The first kappa shape index (κ1) is 25.8. The van der Waals surface area contributed by atoms with Crippen LogP contribution in [-0.4, -0.2) is 61.9 Å². The first-order valence-corrected chi connectivity index (χ1v) is 14.4. The number of anilines is 2. The minimum atomic E-state index is -0.721. The van der Waals surface area contributed by atoms with Gasteiger partial charge in [-0.3, -0.25) is 4.98 Å². The number of halogens is 1. The second kappa shape index (κ2) is 9.93. The van der Waals surface area contributed by atoms with Crippen molar-refractivity contribution in [1.82, 2.24) is 19.9 Å². The van der Waals surface area contributed by atoms with E-state index in [2.05, 4.69) is 25.8 Å². The molecule has 10 heteroatoms. The standard InChI is InChI=1S/C28H33ClN6O2S/c1-27(2,37)19-15-35(16-19)26-24(29)22(5-9-31-26)38-23-14-32-25(21(17-36)33-23)34-10-6-28(7-11-34)12-18-4-3-8-30-20(18)13-28/h3-5,8-9,14,19,36-37H,6-7,10-13,15-17H2,1-2H3. The summed E-state index contributed by atoms with van der Waals surface area (Å²) in [6, 6.07) is 6.12. The van der Waals surface area contributed by atoms with Gasteiger partial charge in [0.15, 0.2) is 5.82 Å². The van der Waals surface area contributed by atoms with Crippen molar-refractivity contribution in [2.24, 2.45) is 11.3 Å². The van der Waals surface area contributed by atoms with E-state index in [1.165, 1.54) is 23.0 Å². The van der Waals surface area contributed by atoms with Crippen molar-refractivity contribution >= 4 is 35.0 Å². The van der Waals surface area contributed by atoms with Gasteiger partial charge in [0, 0.05) is 55.1 Å². The Balaban J connectivity index is 1.13. The molecule has 0 amide bonds. The minimum absolute atomic E-state index is 0.171. The van der Waals surface area contributed by atoms with E-state index in [0.717, 1.165) is 55.3 Å². The van der Waals surface area contributed by atoms with Crippen LogP contribution in [0.15, 0.2) is 46.7 Å². The van der Waals surface area contributed by atoms with Gasteiger partial charge in [0.25, 0.3) is 0 Å². The number of pyridine rings is 2. The summed E-state index contributed by atoms with van der Waals surface area (Å²) in [6.45, 7) is 6.72. The van der Waals surface area contributed by atoms with Gasteiger partial charge in [0.1, 0.15) is 16.5 Å². The first-order chi connectivity index (χ1) is 18.2. The predicted octanol–water partition coefficient (Wildman–Crippen LogP) is 4.16. The number of aliphatic hydroxyl groups is 2. The summed E-state index contributed by atoms with van der Waals surface area (Å²) in [4.78, 5) is 23.8. The molecule has 200 valence electrons. The Hall–Kier alpha value is -2.46. The van der Waals surface area contributed by atoms with Crippen LogP contribution >= 0.6 is 23.4 Å². The maximum absolute atomic E-state index is 10.3. The van der Waals surface area contributed by atoms with Crippen molar-refractivity contribution in [1.29, 1.82) is 0 Å². The van der Waals surface area contributed by atoms with Crippen molar-refractivity contribution < 1.29 is 10.2 Å². The summed E-state index contributed by atoms with van der Waals surface area (Å²) in [7, 11) is 0. The largest absolute Gasteiger partial charge is 0.390 e. The highest BCUT2D eigenvalue weighted by atomic mass is 35.5. The quantitative estimate of drug-likeness (QED) is 0.467. The zero-order chi connectivity index (χ0) is 26.5. The van der Waals surface area contributed by atoms with Gasteiger partial charge in [-0.2, -0.15) is 0 Å². The molecule has 8 nitrogen and oxygen atoms in total. The molecule has 2 saturated heterocycles. The van der Waals surface area contributed by atoms with Gasteiger partial charge >= 0.3 is 0 Å². The Kier molecular flexibility index (Phi) is 6.74. The molecule has 0 bridgehead atoms. The van der Waals surface area contributed by atoms with E-state index in [1.807, 2.05) is 32.2 Å². The van der Waals surface area contributed by atoms with E-state index in [9.17, 15) is 10.2 Å². The van der Waals surface area contributed by atoms with E-state index in [-0.39, 0.29) is 17.9 Å². The van der Waals surface area contributed by atoms with Crippen LogP contribution in [0, 0.1) is 11.3 Å². The molecule has 0 saturated carbocycles. The number of hydrogen-bond acceptors (Lipinski definition) is 9. The molecule has 0 atom stereocenters. The second-order valence-corrected chi connectivity index (χ2v) is 12.8. The lowest BCUT2D eigenvalue weighted by Gasteiger charge is -2.46. The lowest BCUT2D eigenvalue weighted by Crippen LogP contribution is -2.56. The summed E-state index contributed by atoms with van der Waals surface area (Å²) in [6.07, 6.45) is 9.71. The van der Waals surface area contributed by atoms with Crippen LogP contribution in [0.3, 0.4) is 0 Å². The monoisotopic (exact) mass is 552 g/mol. The van der Waals surface area contributed by atoms with E-state index in [1.54, 1.807) is 12.4 Å². The van der Waals surface area contributed by atoms with Crippen LogP contribution in [0.4, 0.5) is 11.6 Å². The third kappa shape index (κ3) is 4.85. The average molecular weight is 553 g/mol. The van der Waals surface area contributed by atoms with Gasteiger partial charge in [-0.05, 0) is 62.6 Å². The zero-order valence-electron chi connectivity index (χ0n) is 21.8. The molecule has 0 radical (unpaired) electrons. The van der Waals surface area contributed by atoms with Gasteiger partial charge in [-0.15, -0.1) is 0 Å². The van der Waals surface area contributed by atoms with Gasteiger partial charge in [0.2, 0.25) is 0 Å². The Bertz CT molecular complexity index is 1310. The molecule has 0 aromatic carbocycles. The summed E-state index contributed by atoms with van der Waals surface area (Å²) in [5.74, 6) is 1.67. The van der Waals surface area contributed by atoms with E-state index >= 15 is 0 Å². The number of aromatic nitrogens is 4. The maximum atomic E-state index is 10.3. The lowest BCUT2D eigenvalue weighted by molar-refractivity contribution is 0.00438. The molecular weight excluding hydrogens is 520 g/mol. The average Bonchev–Trinajstić information content (AvgIpc) is 3.22. The number of piperidine rings is 1. The van der Waals surface area contributed by atoms with E-state index in [4.69, 9.17) is 21.6 Å². The number of hydrogen-bond donors (Lipinski definition) is 2. The fraction of sp³-hybridized carbons (Fsp3) is 0.500. The topological polar surface area (TPSA) is 98.5 Å². The van der Waals surface area contributed by atoms with Gasteiger partial charge in [0.05, 0.1) is 23.4 Å². The molecule has 38 heavy (non-hydrogen) atoms. The highest BCUT2D eigenvalue weighted by Gasteiger charge is 2.41. The molecule has 0 unspecified atom stereocenters. The summed E-state index contributed by atoms with van der Waals surface area (Å²) >= 11 is 8.17. The molecule has 3 aromatic rings.